The van der Waals surface area contributed by atoms with Crippen molar-refractivity contribution in [2.75, 3.05) is 6.61 Å². The zero-order valence-electron chi connectivity index (χ0n) is 20.6. The molecule has 0 amide bonds. The number of hydrogen-bond acceptors (Lipinski definition) is 5. The molecule has 0 saturated carbocycles. The van der Waals surface area contributed by atoms with Gasteiger partial charge in [0.15, 0.2) is 0 Å². The van der Waals surface area contributed by atoms with Crippen LogP contribution in [-0.2, 0) is 4.79 Å². The molecule has 0 aliphatic carbocycles. The summed E-state index contributed by atoms with van der Waals surface area (Å²) in [5.74, 6) is -2.61. The summed E-state index contributed by atoms with van der Waals surface area (Å²) >= 11 is 12.8. The average molecular weight is 561 g/mol. The zero-order chi connectivity index (χ0) is 26.6. The molecular formula is C27H25Cl2F2NaO5. The third-order valence-corrected chi connectivity index (χ3v) is 6.24. The van der Waals surface area contributed by atoms with Crippen molar-refractivity contribution >= 4 is 29.2 Å². The van der Waals surface area contributed by atoms with Crippen molar-refractivity contribution in [3.63, 3.8) is 0 Å². The van der Waals surface area contributed by atoms with E-state index in [1.54, 1.807) is 44.2 Å². The molecule has 0 saturated heterocycles. The predicted molar refractivity (Wildman–Crippen MR) is 131 cm³/mol. The molecule has 0 aromatic heterocycles. The molecule has 0 aliphatic rings. The molecule has 37 heavy (non-hydrogen) atoms. The largest absolute Gasteiger partial charge is 1.00 e. The smallest absolute Gasteiger partial charge is 0.550 e. The number of aliphatic hydroxyl groups is 2. The van der Waals surface area contributed by atoms with Gasteiger partial charge in [-0.3, -0.25) is 0 Å². The van der Waals surface area contributed by atoms with Crippen LogP contribution in [0.2, 0.25) is 10.0 Å². The molecule has 3 aromatic rings. The maximum atomic E-state index is 14.1. The third-order valence-electron chi connectivity index (χ3n) is 5.75. The van der Waals surface area contributed by atoms with Gasteiger partial charge in [0.05, 0.1) is 17.2 Å². The minimum absolute atomic E-state index is 0. The molecule has 0 unspecified atom stereocenters. The molecule has 0 bridgehead atoms. The van der Waals surface area contributed by atoms with Crippen molar-refractivity contribution in [2.45, 2.75) is 44.8 Å². The Hall–Kier alpha value is -1.71. The number of carbonyl (C=O) groups excluding carboxylic acids is 1. The number of ether oxygens (including phenoxy) is 1. The van der Waals surface area contributed by atoms with Gasteiger partial charge in [-0.1, -0.05) is 47.5 Å². The van der Waals surface area contributed by atoms with Gasteiger partial charge >= 0.3 is 29.6 Å². The molecule has 10 heteroatoms. The van der Waals surface area contributed by atoms with Crippen LogP contribution in [0, 0.1) is 25.5 Å². The molecule has 2 atom stereocenters. The van der Waals surface area contributed by atoms with E-state index < -0.39 is 30.5 Å². The maximum absolute atomic E-state index is 14.1. The number of halogens is 4. The number of hydrogen-bond donors (Lipinski definition) is 2. The van der Waals surface area contributed by atoms with Crippen LogP contribution < -0.4 is 39.4 Å². The van der Waals surface area contributed by atoms with E-state index in [4.69, 9.17) is 27.9 Å². The summed E-state index contributed by atoms with van der Waals surface area (Å²) in [5, 5.41) is 31.2. The Labute approximate surface area is 246 Å². The first kappa shape index (κ1) is 31.5. The Kier molecular flexibility index (Phi) is 11.8. The fraction of sp³-hybridized carbons (Fsp3) is 0.296. The predicted octanol–water partition coefficient (Wildman–Crippen LogP) is 1.70. The molecule has 0 radical (unpaired) electrons. The van der Waals surface area contributed by atoms with Crippen LogP contribution in [0.5, 0.6) is 5.75 Å². The van der Waals surface area contributed by atoms with E-state index in [1.807, 2.05) is 0 Å². The normalized spacial score (nSPS) is 12.7. The number of carboxylic acid groups (broad SMARTS) is 1. The van der Waals surface area contributed by atoms with E-state index in [2.05, 4.69) is 0 Å². The summed E-state index contributed by atoms with van der Waals surface area (Å²) in [6, 6.07) is 12.3. The van der Waals surface area contributed by atoms with Crippen molar-refractivity contribution < 1.29 is 63.2 Å². The van der Waals surface area contributed by atoms with E-state index >= 15 is 0 Å². The number of carboxylic acids is 1. The first-order valence-electron chi connectivity index (χ1n) is 11.2. The minimum Gasteiger partial charge on any atom is -0.550 e. The number of carbonyl (C=O) groups is 1. The second-order valence-electron chi connectivity index (χ2n) is 8.69. The number of rotatable bonds is 10. The van der Waals surface area contributed by atoms with Crippen LogP contribution in [0.25, 0.3) is 0 Å². The van der Waals surface area contributed by atoms with Gasteiger partial charge in [0.1, 0.15) is 24.0 Å². The summed E-state index contributed by atoms with van der Waals surface area (Å²) in [4.78, 5) is 10.7. The molecule has 3 rings (SSSR count). The summed E-state index contributed by atoms with van der Waals surface area (Å²) in [7, 11) is 0. The summed E-state index contributed by atoms with van der Waals surface area (Å²) in [6.45, 7) is 2.95. The fourth-order valence-corrected chi connectivity index (χ4v) is 4.59. The van der Waals surface area contributed by atoms with Crippen molar-refractivity contribution in [1.82, 2.24) is 0 Å². The Bertz CT molecular complexity index is 1210. The number of benzene rings is 3. The van der Waals surface area contributed by atoms with Crippen LogP contribution in [0.4, 0.5) is 8.78 Å². The Morgan fingerprint density at radius 2 is 1.49 bits per heavy atom. The van der Waals surface area contributed by atoms with Crippen molar-refractivity contribution in [3.05, 3.63) is 98.0 Å². The maximum Gasteiger partial charge on any atom is 1.00 e. The van der Waals surface area contributed by atoms with Gasteiger partial charge in [-0.15, -0.1) is 0 Å². The van der Waals surface area contributed by atoms with Crippen LogP contribution >= 0.6 is 23.2 Å². The Morgan fingerprint density at radius 1 is 0.946 bits per heavy atom. The number of aryl methyl sites for hydroxylation is 2. The molecule has 3 aromatic carbocycles. The van der Waals surface area contributed by atoms with Gasteiger partial charge in [0, 0.05) is 35.3 Å². The molecule has 192 valence electrons. The topological polar surface area (TPSA) is 89.8 Å². The Balaban J connectivity index is 0.00000481. The van der Waals surface area contributed by atoms with Gasteiger partial charge < -0.3 is 24.9 Å². The van der Waals surface area contributed by atoms with Gasteiger partial charge in [-0.25, -0.2) is 8.78 Å². The fourth-order valence-electron chi connectivity index (χ4n) is 4.03. The van der Waals surface area contributed by atoms with Gasteiger partial charge in [0.2, 0.25) is 0 Å². The van der Waals surface area contributed by atoms with Gasteiger partial charge in [0.25, 0.3) is 0 Å². The molecule has 0 spiro atoms. The number of aliphatic hydroxyl groups excluding tert-OH is 2. The van der Waals surface area contributed by atoms with Crippen molar-refractivity contribution in [1.29, 1.82) is 0 Å². The standard InChI is InChI=1S/C27H26Cl2F2O5.Na/c1-14-7-16(3-5-23(14)30)26(17-4-6-24(31)15(2)8-17)21-9-18(28)10-22(29)27(21)36-13-20(33)11-19(32)12-25(34)35;/h3-10,19-20,26,32-33H,11-13H2,1-2H3,(H,34,35);/q;+1/p-1/t19-,20+;/m1./s1. The average Bonchev–Trinajstić information content (AvgIpc) is 2.77. The van der Waals surface area contributed by atoms with E-state index in [9.17, 15) is 28.9 Å². The summed E-state index contributed by atoms with van der Waals surface area (Å²) in [6.07, 6.45) is -3.41. The van der Waals surface area contributed by atoms with E-state index in [1.165, 1.54) is 18.2 Å². The van der Waals surface area contributed by atoms with E-state index in [-0.39, 0.29) is 65.0 Å². The Morgan fingerprint density at radius 3 is 1.97 bits per heavy atom. The van der Waals surface area contributed by atoms with Gasteiger partial charge in [-0.05, 0) is 60.4 Å². The molecule has 2 N–H and O–H groups in total. The van der Waals surface area contributed by atoms with Crippen molar-refractivity contribution in [3.8, 4) is 5.75 Å². The van der Waals surface area contributed by atoms with E-state index in [0.29, 0.717) is 32.8 Å². The SMILES string of the molecule is Cc1cc(C(c2ccc(F)c(C)c2)c2cc(Cl)cc(Cl)c2OC[C@@H](O)C[C@@H](O)CC(=O)[O-])ccc1F.[Na+]. The molecule has 0 aliphatic heterocycles. The van der Waals surface area contributed by atoms with Crippen molar-refractivity contribution in [2.24, 2.45) is 0 Å². The first-order chi connectivity index (χ1) is 17.0. The summed E-state index contributed by atoms with van der Waals surface area (Å²) < 4.78 is 34.0. The molecular weight excluding hydrogens is 536 g/mol. The second-order valence-corrected chi connectivity index (χ2v) is 9.53. The zero-order valence-corrected chi connectivity index (χ0v) is 24.1. The van der Waals surface area contributed by atoms with Crippen LogP contribution in [0.15, 0.2) is 48.5 Å². The molecule has 5 nitrogen and oxygen atoms in total. The second kappa shape index (κ2) is 13.9. The molecule has 0 fully saturated rings. The minimum atomic E-state index is -1.44. The van der Waals surface area contributed by atoms with Crippen LogP contribution in [-0.4, -0.2) is 35.0 Å². The summed E-state index contributed by atoms with van der Waals surface area (Å²) in [5.41, 5.74) is 2.65. The monoisotopic (exact) mass is 560 g/mol. The third kappa shape index (κ3) is 8.39. The van der Waals surface area contributed by atoms with E-state index in [0.717, 1.165) is 0 Å². The van der Waals surface area contributed by atoms with Gasteiger partial charge in [-0.2, -0.15) is 0 Å². The van der Waals surface area contributed by atoms with Crippen LogP contribution in [0.3, 0.4) is 0 Å². The first-order valence-corrected chi connectivity index (χ1v) is 11.9. The number of aliphatic carboxylic acids is 1. The quantitative estimate of drug-likeness (QED) is 0.291. The van der Waals surface area contributed by atoms with Crippen LogP contribution in [0.1, 0.15) is 46.6 Å². The molecule has 0 heterocycles.